The Morgan fingerprint density at radius 3 is 2.59 bits per heavy atom. The fourth-order valence-corrected chi connectivity index (χ4v) is 3.41. The fourth-order valence-electron chi connectivity index (χ4n) is 1.97. The molecule has 1 aromatic carbocycles. The van der Waals surface area contributed by atoms with Crippen LogP contribution in [-0.4, -0.2) is 10.9 Å². The Morgan fingerprint density at radius 2 is 1.95 bits per heavy atom. The molecule has 0 saturated heterocycles. The first-order chi connectivity index (χ1) is 10.7. The van der Waals surface area contributed by atoms with Gasteiger partial charge in [-0.1, -0.05) is 24.3 Å². The first-order valence-corrected chi connectivity index (χ1v) is 8.53. The molecule has 5 heteroatoms. The lowest BCUT2D eigenvalue weighted by atomic mass is 10.3. The third-order valence-electron chi connectivity index (χ3n) is 2.97. The van der Waals surface area contributed by atoms with Gasteiger partial charge >= 0.3 is 0 Å². The minimum atomic E-state index is -0.103. The van der Waals surface area contributed by atoms with Gasteiger partial charge in [-0.3, -0.25) is 9.69 Å². The highest BCUT2D eigenvalue weighted by Crippen LogP contribution is 2.29. The molecule has 3 nitrogen and oxygen atoms in total. The lowest BCUT2D eigenvalue weighted by Crippen LogP contribution is -2.23. The molecule has 22 heavy (non-hydrogen) atoms. The number of benzene rings is 1. The largest absolute Gasteiger partial charge is 0.269 e. The van der Waals surface area contributed by atoms with Crippen LogP contribution < -0.4 is 4.90 Å². The first-order valence-electron chi connectivity index (χ1n) is 6.77. The van der Waals surface area contributed by atoms with Gasteiger partial charge in [0.15, 0.2) is 5.13 Å². The lowest BCUT2D eigenvalue weighted by molar-refractivity contribution is -0.113. The molecule has 3 aromatic rings. The summed E-state index contributed by atoms with van der Waals surface area (Å²) in [6.45, 7) is 1.93. The molecule has 0 aliphatic heterocycles. The SMILES string of the molecule is Cc1csc(N(C(=O)/C=C/c2cccs2)c2ccccc2)n1. The van der Waals surface area contributed by atoms with Gasteiger partial charge in [0, 0.05) is 16.3 Å². The van der Waals surface area contributed by atoms with Gasteiger partial charge in [-0.25, -0.2) is 4.98 Å². The molecule has 0 spiro atoms. The van der Waals surface area contributed by atoms with E-state index in [0.29, 0.717) is 5.13 Å². The van der Waals surface area contributed by atoms with Gasteiger partial charge in [0.25, 0.3) is 5.91 Å². The van der Waals surface area contributed by atoms with Crippen molar-refractivity contribution in [1.82, 2.24) is 4.98 Å². The van der Waals surface area contributed by atoms with Crippen LogP contribution in [0.5, 0.6) is 0 Å². The molecule has 2 aromatic heterocycles. The number of anilines is 2. The number of hydrogen-bond donors (Lipinski definition) is 0. The van der Waals surface area contributed by atoms with E-state index in [1.54, 1.807) is 22.3 Å². The molecule has 0 atom stereocenters. The lowest BCUT2D eigenvalue weighted by Gasteiger charge is -2.18. The number of amides is 1. The zero-order chi connectivity index (χ0) is 15.4. The standard InChI is InChI=1S/C17H14N2OS2/c1-13-12-22-17(18-13)19(14-6-3-2-4-7-14)16(20)10-9-15-8-5-11-21-15/h2-12H,1H3/b10-9+. The highest BCUT2D eigenvalue weighted by Gasteiger charge is 2.18. The predicted octanol–water partition coefficient (Wildman–Crippen LogP) is 4.89. The molecular weight excluding hydrogens is 312 g/mol. The van der Waals surface area contributed by atoms with Crippen molar-refractivity contribution in [2.75, 3.05) is 4.90 Å². The average Bonchev–Trinajstić information content (AvgIpc) is 3.18. The predicted molar refractivity (Wildman–Crippen MR) is 93.8 cm³/mol. The minimum absolute atomic E-state index is 0.103. The summed E-state index contributed by atoms with van der Waals surface area (Å²) < 4.78 is 0. The molecule has 0 N–H and O–H groups in total. The maximum atomic E-state index is 12.7. The molecule has 0 fully saturated rings. The monoisotopic (exact) mass is 326 g/mol. The zero-order valence-corrected chi connectivity index (χ0v) is 13.6. The number of rotatable bonds is 4. The molecule has 110 valence electrons. The Morgan fingerprint density at radius 1 is 1.14 bits per heavy atom. The van der Waals surface area contributed by atoms with Gasteiger partial charge in [-0.15, -0.1) is 22.7 Å². The van der Waals surface area contributed by atoms with Crippen molar-refractivity contribution < 1.29 is 4.79 Å². The summed E-state index contributed by atoms with van der Waals surface area (Å²) in [6, 6.07) is 13.5. The molecule has 0 bridgehead atoms. The normalized spacial score (nSPS) is 11.0. The van der Waals surface area contributed by atoms with E-state index in [-0.39, 0.29) is 5.91 Å². The highest BCUT2D eigenvalue weighted by molar-refractivity contribution is 7.14. The summed E-state index contributed by atoms with van der Waals surface area (Å²) >= 11 is 3.07. The van der Waals surface area contributed by atoms with Crippen molar-refractivity contribution in [3.05, 3.63) is 69.9 Å². The number of para-hydroxylation sites is 1. The van der Waals surface area contributed by atoms with E-state index >= 15 is 0 Å². The highest BCUT2D eigenvalue weighted by atomic mass is 32.1. The molecule has 0 aliphatic rings. The second-order valence-corrected chi connectivity index (χ2v) is 6.45. The van der Waals surface area contributed by atoms with E-state index in [1.165, 1.54) is 11.3 Å². The second kappa shape index (κ2) is 6.68. The maximum absolute atomic E-state index is 12.7. The summed E-state index contributed by atoms with van der Waals surface area (Å²) in [6.07, 6.45) is 3.43. The molecule has 2 heterocycles. The van der Waals surface area contributed by atoms with Gasteiger partial charge in [0.2, 0.25) is 0 Å². The summed E-state index contributed by atoms with van der Waals surface area (Å²) in [5.41, 5.74) is 1.73. The van der Waals surface area contributed by atoms with Crippen LogP contribution in [0.15, 0.2) is 59.3 Å². The van der Waals surface area contributed by atoms with Crippen LogP contribution in [0.4, 0.5) is 10.8 Å². The van der Waals surface area contributed by atoms with Crippen molar-refractivity contribution in [2.45, 2.75) is 6.92 Å². The van der Waals surface area contributed by atoms with E-state index in [1.807, 2.05) is 66.2 Å². The van der Waals surface area contributed by atoms with Crippen LogP contribution in [-0.2, 0) is 4.79 Å². The van der Waals surface area contributed by atoms with Gasteiger partial charge in [0.1, 0.15) is 0 Å². The van der Waals surface area contributed by atoms with E-state index in [0.717, 1.165) is 16.3 Å². The van der Waals surface area contributed by atoms with Crippen LogP contribution >= 0.6 is 22.7 Å². The van der Waals surface area contributed by atoms with Gasteiger partial charge in [0.05, 0.1) is 11.4 Å². The summed E-state index contributed by atoms with van der Waals surface area (Å²) in [7, 11) is 0. The number of aromatic nitrogens is 1. The summed E-state index contributed by atoms with van der Waals surface area (Å²) in [4.78, 5) is 19.8. The fraction of sp³-hybridized carbons (Fsp3) is 0.0588. The summed E-state index contributed by atoms with van der Waals surface area (Å²) in [5, 5.41) is 4.62. The number of carbonyl (C=O) groups is 1. The van der Waals surface area contributed by atoms with Crippen LogP contribution in [0.1, 0.15) is 10.6 Å². The summed E-state index contributed by atoms with van der Waals surface area (Å²) in [5.74, 6) is -0.103. The zero-order valence-electron chi connectivity index (χ0n) is 12.0. The van der Waals surface area contributed by atoms with E-state index in [9.17, 15) is 4.79 Å². The van der Waals surface area contributed by atoms with Crippen LogP contribution in [0.2, 0.25) is 0 Å². The Labute approximate surface area is 137 Å². The van der Waals surface area contributed by atoms with Gasteiger partial charge in [-0.2, -0.15) is 0 Å². The quantitative estimate of drug-likeness (QED) is 0.639. The van der Waals surface area contributed by atoms with Crippen molar-refractivity contribution >= 4 is 45.5 Å². The number of thiazole rings is 1. The molecule has 1 amide bonds. The molecular formula is C17H14N2OS2. The van der Waals surface area contributed by atoms with Gasteiger partial charge < -0.3 is 0 Å². The topological polar surface area (TPSA) is 33.2 Å². The number of thiophene rings is 1. The maximum Gasteiger partial charge on any atom is 0.257 e. The Balaban J connectivity index is 1.93. The number of carbonyl (C=O) groups excluding carboxylic acids is 1. The third-order valence-corrected chi connectivity index (χ3v) is 4.75. The number of hydrogen-bond acceptors (Lipinski definition) is 4. The number of nitrogens with zero attached hydrogens (tertiary/aromatic N) is 2. The van der Waals surface area contributed by atoms with Crippen molar-refractivity contribution in [3.8, 4) is 0 Å². The first kappa shape index (κ1) is 14.7. The molecule has 0 aliphatic carbocycles. The third kappa shape index (κ3) is 3.32. The molecule has 0 unspecified atom stereocenters. The molecule has 0 radical (unpaired) electrons. The number of aryl methyl sites for hydroxylation is 1. The van der Waals surface area contributed by atoms with Gasteiger partial charge in [-0.05, 0) is 36.6 Å². The minimum Gasteiger partial charge on any atom is -0.269 e. The van der Waals surface area contributed by atoms with Crippen LogP contribution in [0.3, 0.4) is 0 Å². The molecule has 3 rings (SSSR count). The van der Waals surface area contributed by atoms with E-state index in [4.69, 9.17) is 0 Å². The Bertz CT molecular complexity index is 776. The van der Waals surface area contributed by atoms with E-state index in [2.05, 4.69) is 4.98 Å². The second-order valence-electron chi connectivity index (χ2n) is 4.63. The van der Waals surface area contributed by atoms with E-state index < -0.39 is 0 Å². The Kier molecular flexibility index (Phi) is 4.46. The molecule has 0 saturated carbocycles. The van der Waals surface area contributed by atoms with Crippen LogP contribution in [0, 0.1) is 6.92 Å². The van der Waals surface area contributed by atoms with Crippen LogP contribution in [0.25, 0.3) is 6.08 Å². The smallest absolute Gasteiger partial charge is 0.257 e. The van der Waals surface area contributed by atoms with Crippen molar-refractivity contribution in [1.29, 1.82) is 0 Å². The van der Waals surface area contributed by atoms with Crippen molar-refractivity contribution in [3.63, 3.8) is 0 Å². The average molecular weight is 326 g/mol. The van der Waals surface area contributed by atoms with Crippen molar-refractivity contribution in [2.24, 2.45) is 0 Å². The Hall–Kier alpha value is -2.24.